The summed E-state index contributed by atoms with van der Waals surface area (Å²) >= 11 is 0. The van der Waals surface area contributed by atoms with Crippen LogP contribution in [-0.2, 0) is 14.3 Å². The molecule has 0 spiro atoms. The molecule has 0 bridgehead atoms. The first-order valence-electron chi connectivity index (χ1n) is 33.3. The second-order valence-corrected chi connectivity index (χ2v) is 23.2. The molecule has 2 atom stereocenters. The molecule has 0 aromatic rings. The van der Waals surface area contributed by atoms with Gasteiger partial charge < -0.3 is 20.3 Å². The average molecular weight is 1020 g/mol. The Morgan fingerprint density at radius 3 is 0.847 bits per heavy atom. The lowest BCUT2D eigenvalue weighted by Crippen LogP contribution is -2.45. The molecule has 0 heterocycles. The van der Waals surface area contributed by atoms with E-state index < -0.39 is 12.1 Å². The van der Waals surface area contributed by atoms with Crippen LogP contribution in [0.25, 0.3) is 0 Å². The fourth-order valence-corrected chi connectivity index (χ4v) is 10.8. The van der Waals surface area contributed by atoms with Crippen molar-refractivity contribution in [3.8, 4) is 0 Å². The molecule has 0 radical (unpaired) electrons. The molecule has 0 aromatic carbocycles. The van der Waals surface area contributed by atoms with Crippen molar-refractivity contribution in [2.24, 2.45) is 0 Å². The van der Waals surface area contributed by atoms with E-state index in [1.165, 1.54) is 315 Å². The molecule has 0 aliphatic carbocycles. The lowest BCUT2D eigenvalue weighted by atomic mass is 10.0. The highest BCUT2D eigenvalue weighted by molar-refractivity contribution is 5.76. The zero-order chi connectivity index (χ0) is 52.2. The van der Waals surface area contributed by atoms with E-state index in [1.807, 2.05) is 0 Å². The van der Waals surface area contributed by atoms with Crippen molar-refractivity contribution in [1.29, 1.82) is 0 Å². The SMILES string of the molecule is CCCCCCCCCCCCCCCCCCCCCCCCCC(O)C(CO)NC(=O)CCCCCCCCCCCCCCCCCCCCCCOC(=O)CCCCCCCCCCCCCC. The van der Waals surface area contributed by atoms with Gasteiger partial charge in [-0.15, -0.1) is 0 Å². The Bertz CT molecular complexity index is 1040. The van der Waals surface area contributed by atoms with E-state index in [0.717, 1.165) is 38.5 Å². The zero-order valence-corrected chi connectivity index (χ0v) is 49.2. The van der Waals surface area contributed by atoms with Gasteiger partial charge in [-0.2, -0.15) is 0 Å². The van der Waals surface area contributed by atoms with Crippen molar-refractivity contribution >= 4 is 11.9 Å². The summed E-state index contributed by atoms with van der Waals surface area (Å²) in [5.74, 6) is -0.0187. The van der Waals surface area contributed by atoms with E-state index in [2.05, 4.69) is 19.2 Å². The number of unbranched alkanes of at least 4 members (excludes halogenated alkanes) is 52. The molecule has 6 nitrogen and oxygen atoms in total. The van der Waals surface area contributed by atoms with Crippen LogP contribution in [0.1, 0.15) is 386 Å². The molecule has 0 aliphatic rings. The number of hydrogen-bond acceptors (Lipinski definition) is 5. The molecule has 6 heteroatoms. The van der Waals surface area contributed by atoms with Gasteiger partial charge in [-0.3, -0.25) is 9.59 Å². The highest BCUT2D eigenvalue weighted by Gasteiger charge is 2.20. The predicted molar refractivity (Wildman–Crippen MR) is 315 cm³/mol. The maximum atomic E-state index is 12.5. The summed E-state index contributed by atoms with van der Waals surface area (Å²) in [6, 6.07) is -0.543. The number of carbonyl (C=O) groups is 2. The van der Waals surface area contributed by atoms with Crippen LogP contribution in [0.4, 0.5) is 0 Å². The zero-order valence-electron chi connectivity index (χ0n) is 49.2. The second kappa shape index (κ2) is 62.4. The lowest BCUT2D eigenvalue weighted by molar-refractivity contribution is -0.143. The minimum atomic E-state index is -0.666. The summed E-state index contributed by atoms with van der Waals surface area (Å²) < 4.78 is 5.48. The van der Waals surface area contributed by atoms with Gasteiger partial charge in [-0.1, -0.05) is 348 Å². The first kappa shape index (κ1) is 70.9. The number of rotatable bonds is 63. The summed E-state index contributed by atoms with van der Waals surface area (Å²) in [5.41, 5.74) is 0. The smallest absolute Gasteiger partial charge is 0.305 e. The van der Waals surface area contributed by atoms with Crippen molar-refractivity contribution in [1.82, 2.24) is 5.32 Å². The monoisotopic (exact) mass is 1020 g/mol. The van der Waals surface area contributed by atoms with E-state index >= 15 is 0 Å². The van der Waals surface area contributed by atoms with Gasteiger partial charge in [0, 0.05) is 12.8 Å². The Hall–Kier alpha value is -1.14. The number of aliphatic hydroxyl groups excluding tert-OH is 2. The van der Waals surface area contributed by atoms with Crippen molar-refractivity contribution in [2.45, 2.75) is 398 Å². The number of ether oxygens (including phenoxy) is 1. The maximum absolute atomic E-state index is 12.5. The molecular weight excluding hydrogens is 887 g/mol. The Kier molecular flexibility index (Phi) is 61.4. The summed E-state index contributed by atoms with van der Waals surface area (Å²) in [6.45, 7) is 4.99. The largest absolute Gasteiger partial charge is 0.466 e. The third kappa shape index (κ3) is 58.1. The first-order chi connectivity index (χ1) is 35.5. The molecule has 0 saturated heterocycles. The van der Waals surface area contributed by atoms with Gasteiger partial charge in [-0.05, 0) is 25.7 Å². The van der Waals surface area contributed by atoms with Crippen molar-refractivity contribution in [2.75, 3.05) is 13.2 Å². The van der Waals surface area contributed by atoms with Gasteiger partial charge in [0.15, 0.2) is 0 Å². The number of hydrogen-bond donors (Lipinski definition) is 3. The highest BCUT2D eigenvalue weighted by atomic mass is 16.5. The third-order valence-electron chi connectivity index (χ3n) is 15.9. The van der Waals surface area contributed by atoms with Crippen LogP contribution in [0.5, 0.6) is 0 Å². The first-order valence-corrected chi connectivity index (χ1v) is 33.3. The maximum Gasteiger partial charge on any atom is 0.305 e. The number of amides is 1. The molecule has 0 fully saturated rings. The number of aliphatic hydroxyl groups is 2. The van der Waals surface area contributed by atoms with Crippen LogP contribution < -0.4 is 5.32 Å². The highest BCUT2D eigenvalue weighted by Crippen LogP contribution is 2.19. The summed E-state index contributed by atoms with van der Waals surface area (Å²) in [4.78, 5) is 24.6. The van der Waals surface area contributed by atoms with Crippen LogP contribution in [0.3, 0.4) is 0 Å². The number of nitrogens with one attached hydrogen (secondary N) is 1. The van der Waals surface area contributed by atoms with Crippen LogP contribution in [0.15, 0.2) is 0 Å². The minimum absolute atomic E-state index is 0.0128. The van der Waals surface area contributed by atoms with Crippen molar-refractivity contribution in [3.63, 3.8) is 0 Å². The topological polar surface area (TPSA) is 95.9 Å². The van der Waals surface area contributed by atoms with E-state index in [0.29, 0.717) is 25.9 Å². The molecule has 2 unspecified atom stereocenters. The van der Waals surface area contributed by atoms with Gasteiger partial charge in [-0.25, -0.2) is 0 Å². The number of esters is 1. The van der Waals surface area contributed by atoms with Crippen molar-refractivity contribution in [3.05, 3.63) is 0 Å². The summed E-state index contributed by atoms with van der Waals surface area (Å²) in [7, 11) is 0. The van der Waals surface area contributed by atoms with Gasteiger partial charge in [0.25, 0.3) is 0 Å². The van der Waals surface area contributed by atoms with Crippen LogP contribution in [0, 0.1) is 0 Å². The molecule has 72 heavy (non-hydrogen) atoms. The summed E-state index contributed by atoms with van der Waals surface area (Å²) in [6.07, 6.45) is 74.1. The quantitative estimate of drug-likeness (QED) is 0.0417. The average Bonchev–Trinajstić information content (AvgIpc) is 3.38. The molecule has 430 valence electrons. The van der Waals surface area contributed by atoms with Crippen LogP contribution >= 0.6 is 0 Å². The van der Waals surface area contributed by atoms with E-state index in [4.69, 9.17) is 4.74 Å². The predicted octanol–water partition coefficient (Wildman–Crippen LogP) is 21.0. The van der Waals surface area contributed by atoms with E-state index in [-0.39, 0.29) is 18.5 Å². The number of carbonyl (C=O) groups excluding carboxylic acids is 2. The fraction of sp³-hybridized carbons (Fsp3) is 0.970. The molecular formula is C66H131NO5. The Balaban J connectivity index is 3.38. The van der Waals surface area contributed by atoms with Crippen LogP contribution in [0.2, 0.25) is 0 Å². The molecule has 0 rings (SSSR count). The van der Waals surface area contributed by atoms with Gasteiger partial charge in [0.2, 0.25) is 5.91 Å². The normalized spacial score (nSPS) is 12.4. The van der Waals surface area contributed by atoms with Crippen LogP contribution in [-0.4, -0.2) is 47.4 Å². The van der Waals surface area contributed by atoms with Crippen molar-refractivity contribution < 1.29 is 24.5 Å². The second-order valence-electron chi connectivity index (χ2n) is 23.2. The minimum Gasteiger partial charge on any atom is -0.466 e. The molecule has 0 aromatic heterocycles. The standard InChI is InChI=1S/C66H131NO5/c1-3-5-7-9-11-13-15-17-18-19-20-21-22-23-26-29-32-35-38-42-46-50-54-58-64(69)63(62-68)67-65(70)59-55-51-47-43-39-36-33-30-27-24-25-28-31-34-37-41-45-49-53-57-61-72-66(71)60-56-52-48-44-40-16-14-12-10-8-6-4-2/h63-64,68-69H,3-62H2,1-2H3,(H,67,70). The fourth-order valence-electron chi connectivity index (χ4n) is 10.8. The van der Waals surface area contributed by atoms with Gasteiger partial charge >= 0.3 is 5.97 Å². The molecule has 3 N–H and O–H groups in total. The van der Waals surface area contributed by atoms with E-state index in [1.54, 1.807) is 0 Å². The third-order valence-corrected chi connectivity index (χ3v) is 15.9. The molecule has 1 amide bonds. The lowest BCUT2D eigenvalue weighted by Gasteiger charge is -2.22. The Morgan fingerprint density at radius 2 is 0.569 bits per heavy atom. The Labute approximate surface area is 451 Å². The van der Waals surface area contributed by atoms with Gasteiger partial charge in [0.05, 0.1) is 25.4 Å². The Morgan fingerprint density at radius 1 is 0.333 bits per heavy atom. The molecule has 0 aliphatic heterocycles. The molecule has 0 saturated carbocycles. The summed E-state index contributed by atoms with van der Waals surface area (Å²) in [5, 5.41) is 23.4. The van der Waals surface area contributed by atoms with Gasteiger partial charge in [0.1, 0.15) is 0 Å². The van der Waals surface area contributed by atoms with E-state index in [9.17, 15) is 19.8 Å².